The molecule has 0 fully saturated rings. The van der Waals surface area contributed by atoms with Gasteiger partial charge < -0.3 is 10.4 Å². The van der Waals surface area contributed by atoms with Crippen molar-refractivity contribution in [3.8, 4) is 0 Å². The number of hydrogen-bond acceptors (Lipinski definition) is 2. The van der Waals surface area contributed by atoms with Gasteiger partial charge in [0.05, 0.1) is 5.60 Å². The fourth-order valence-corrected chi connectivity index (χ4v) is 1.22. The van der Waals surface area contributed by atoms with Gasteiger partial charge in [0.2, 0.25) is 0 Å². The average Bonchev–Trinajstić information content (AvgIpc) is 2.25. The molecule has 0 aliphatic carbocycles. The molecule has 1 rings (SSSR count). The van der Waals surface area contributed by atoms with Crippen molar-refractivity contribution < 1.29 is 4.65 Å². The highest BCUT2D eigenvalue weighted by Crippen LogP contribution is 2.32. The molecule has 0 amide bonds. The van der Waals surface area contributed by atoms with Crippen LogP contribution in [0.4, 0.5) is 0 Å². The summed E-state index contributed by atoms with van der Waals surface area (Å²) < 4.78 is 5.94. The lowest BCUT2D eigenvalue weighted by Gasteiger charge is -2.39. The monoisotopic (exact) mass is 248 g/mol. The number of benzene rings is 1. The van der Waals surface area contributed by atoms with Crippen LogP contribution in [0.1, 0.15) is 47.6 Å². The highest BCUT2D eigenvalue weighted by atomic mass is 16.5. The maximum absolute atomic E-state index is 5.94. The summed E-state index contributed by atoms with van der Waals surface area (Å²) in [4.78, 5) is 0. The number of nitrogens with two attached hydrogens (primary N) is 1. The zero-order valence-corrected chi connectivity index (χ0v) is 11.6. The molecule has 0 unspecified atom stereocenters. The minimum absolute atomic E-state index is 0. The maximum Gasteiger partial charge on any atom is 0.331 e. The molecule has 2 nitrogen and oxygen atoms in total. The van der Waals surface area contributed by atoms with E-state index < -0.39 is 0 Å². The molecule has 2 N–H and O–H groups in total. The second-order valence-electron chi connectivity index (χ2n) is 5.90. The molecule has 0 aliphatic rings. The Hall–Kier alpha value is -0.795. The van der Waals surface area contributed by atoms with Gasteiger partial charge in [-0.25, -0.2) is 0 Å². The highest BCUT2D eigenvalue weighted by Gasteiger charge is 2.33. The van der Waals surface area contributed by atoms with Crippen molar-refractivity contribution in [1.82, 2.24) is 0 Å². The molecule has 1 aromatic rings. The van der Waals surface area contributed by atoms with E-state index in [4.69, 9.17) is 10.4 Å². The van der Waals surface area contributed by atoms with Gasteiger partial charge in [0, 0.05) is 6.54 Å². The third-order valence-electron chi connectivity index (χ3n) is 3.56. The molecule has 0 saturated heterocycles. The largest absolute Gasteiger partial charge is 0.429 e. The van der Waals surface area contributed by atoms with Crippen molar-refractivity contribution in [2.45, 2.75) is 54.2 Å². The summed E-state index contributed by atoms with van der Waals surface area (Å²) in [5.74, 6) is 0. The van der Waals surface area contributed by atoms with Crippen LogP contribution in [0, 0.1) is 5.41 Å². The summed E-state index contributed by atoms with van der Waals surface area (Å²) in [5, 5.41) is 0. The second kappa shape index (κ2) is 6.39. The molecule has 0 aromatic heterocycles. The zero-order chi connectivity index (χ0) is 13.1. The van der Waals surface area contributed by atoms with E-state index in [0.29, 0.717) is 6.54 Å². The van der Waals surface area contributed by atoms with Gasteiger partial charge in [0.25, 0.3) is 0 Å². The van der Waals surface area contributed by atoms with Crippen LogP contribution in [-0.4, -0.2) is 13.1 Å². The lowest BCUT2D eigenvalue weighted by molar-refractivity contribution is 0.00502. The van der Waals surface area contributed by atoms with E-state index in [0.717, 1.165) is 11.0 Å². The molecular weight excluding hydrogens is 221 g/mol. The standard InChI is InChI=1S/C14H23BNO.CH4/c1-13(2,3)14(4,5)17-15-12-9-7-6-8-11(12)10-16;/h6-9H,10,16H2,1-5H3;1H4. The molecule has 1 radical (unpaired) electrons. The van der Waals surface area contributed by atoms with Gasteiger partial charge in [0.1, 0.15) is 0 Å². The summed E-state index contributed by atoms with van der Waals surface area (Å²) in [5.41, 5.74) is 7.74. The summed E-state index contributed by atoms with van der Waals surface area (Å²) in [7, 11) is 1.83. The van der Waals surface area contributed by atoms with Crippen molar-refractivity contribution in [1.29, 1.82) is 0 Å². The quantitative estimate of drug-likeness (QED) is 0.831. The predicted molar refractivity (Wildman–Crippen MR) is 81.1 cm³/mol. The van der Waals surface area contributed by atoms with Crippen molar-refractivity contribution in [3.63, 3.8) is 0 Å². The van der Waals surface area contributed by atoms with Crippen molar-refractivity contribution in [2.75, 3.05) is 0 Å². The third-order valence-corrected chi connectivity index (χ3v) is 3.56. The molecule has 0 bridgehead atoms. The van der Waals surface area contributed by atoms with Gasteiger partial charge in [-0.1, -0.05) is 52.5 Å². The minimum Gasteiger partial charge on any atom is -0.429 e. The molecule has 101 valence electrons. The average molecular weight is 248 g/mol. The summed E-state index contributed by atoms with van der Waals surface area (Å²) in [6.45, 7) is 11.3. The molecular formula is C15H27BNO. The van der Waals surface area contributed by atoms with E-state index in [1.165, 1.54) is 0 Å². The molecule has 18 heavy (non-hydrogen) atoms. The van der Waals surface area contributed by atoms with E-state index in [1.807, 2.05) is 31.7 Å². The first-order valence-corrected chi connectivity index (χ1v) is 6.07. The summed E-state index contributed by atoms with van der Waals surface area (Å²) in [6.07, 6.45) is 0. The van der Waals surface area contributed by atoms with Gasteiger partial charge in [-0.15, -0.1) is 0 Å². The first-order chi connectivity index (χ1) is 7.78. The van der Waals surface area contributed by atoms with Crippen molar-refractivity contribution in [2.24, 2.45) is 11.1 Å². The van der Waals surface area contributed by atoms with Crippen LogP contribution in [0.2, 0.25) is 0 Å². The van der Waals surface area contributed by atoms with Crippen LogP contribution < -0.4 is 11.2 Å². The molecule has 1 aromatic carbocycles. The van der Waals surface area contributed by atoms with Crippen LogP contribution in [0.5, 0.6) is 0 Å². The highest BCUT2D eigenvalue weighted by molar-refractivity contribution is 6.47. The first-order valence-electron chi connectivity index (χ1n) is 6.07. The normalized spacial score (nSPS) is 11.9. The van der Waals surface area contributed by atoms with E-state index in [2.05, 4.69) is 34.6 Å². The maximum atomic E-state index is 5.94. The van der Waals surface area contributed by atoms with E-state index in [9.17, 15) is 0 Å². The van der Waals surface area contributed by atoms with Crippen LogP contribution in [0.15, 0.2) is 24.3 Å². The van der Waals surface area contributed by atoms with Gasteiger partial charge in [-0.2, -0.15) is 0 Å². The SMILES string of the molecule is C.CC(C)(C)C(C)(C)O[B]c1ccccc1CN. The fourth-order valence-electron chi connectivity index (χ4n) is 1.22. The van der Waals surface area contributed by atoms with Gasteiger partial charge in [0.15, 0.2) is 0 Å². The number of hydrogen-bond donors (Lipinski definition) is 1. The second-order valence-corrected chi connectivity index (χ2v) is 5.90. The Morgan fingerprint density at radius 2 is 1.67 bits per heavy atom. The van der Waals surface area contributed by atoms with Crippen LogP contribution in [0.25, 0.3) is 0 Å². The smallest absolute Gasteiger partial charge is 0.331 e. The molecule has 3 heteroatoms. The Labute approximate surface area is 113 Å². The van der Waals surface area contributed by atoms with Gasteiger partial charge >= 0.3 is 7.48 Å². The molecule has 0 atom stereocenters. The Morgan fingerprint density at radius 3 is 2.17 bits per heavy atom. The van der Waals surface area contributed by atoms with E-state index in [1.54, 1.807) is 0 Å². The summed E-state index contributed by atoms with van der Waals surface area (Å²) >= 11 is 0. The topological polar surface area (TPSA) is 35.2 Å². The molecule has 0 saturated carbocycles. The molecule has 0 spiro atoms. The van der Waals surface area contributed by atoms with E-state index >= 15 is 0 Å². The Kier molecular flexibility index (Phi) is 6.11. The Balaban J connectivity index is 0.00000289. The molecule has 0 heterocycles. The lowest BCUT2D eigenvalue weighted by atomic mass is 9.75. The van der Waals surface area contributed by atoms with Crippen LogP contribution in [-0.2, 0) is 11.2 Å². The zero-order valence-electron chi connectivity index (χ0n) is 11.6. The third kappa shape index (κ3) is 4.15. The van der Waals surface area contributed by atoms with E-state index in [-0.39, 0.29) is 18.4 Å². The van der Waals surface area contributed by atoms with Gasteiger partial charge in [-0.3, -0.25) is 0 Å². The fraction of sp³-hybridized carbons (Fsp3) is 0.600. The van der Waals surface area contributed by atoms with Crippen LogP contribution >= 0.6 is 0 Å². The first kappa shape index (κ1) is 17.2. The Bertz CT molecular complexity index is 369. The van der Waals surface area contributed by atoms with Gasteiger partial charge in [-0.05, 0) is 30.3 Å². The van der Waals surface area contributed by atoms with Crippen molar-refractivity contribution >= 4 is 12.9 Å². The lowest BCUT2D eigenvalue weighted by Crippen LogP contribution is -2.43. The Morgan fingerprint density at radius 1 is 1.11 bits per heavy atom. The van der Waals surface area contributed by atoms with Crippen LogP contribution in [0.3, 0.4) is 0 Å². The minimum atomic E-state index is -0.214. The molecule has 0 aliphatic heterocycles. The predicted octanol–water partition coefficient (Wildman–Crippen LogP) is 2.87. The number of rotatable bonds is 4. The van der Waals surface area contributed by atoms with Crippen molar-refractivity contribution in [3.05, 3.63) is 29.8 Å². The summed E-state index contributed by atoms with van der Waals surface area (Å²) in [6, 6.07) is 8.05.